The zero-order chi connectivity index (χ0) is 15.0. The standard InChI is InChI=1S/C14H6Br2INO2S/c15-9-5-7(1-3-10(9)17)13-18-11(14(19)20-13)6-8-2-4-12(16)21-8/h1-6H/b11-6-. The lowest BCUT2D eigenvalue weighted by molar-refractivity contribution is -0.129. The summed E-state index contributed by atoms with van der Waals surface area (Å²) >= 11 is 10.6. The molecule has 1 aromatic heterocycles. The molecule has 106 valence electrons. The Morgan fingerprint density at radius 1 is 1.24 bits per heavy atom. The second-order valence-electron chi connectivity index (χ2n) is 4.11. The van der Waals surface area contributed by atoms with E-state index in [4.69, 9.17) is 4.74 Å². The second-order valence-corrected chi connectivity index (χ2v) is 8.62. The van der Waals surface area contributed by atoms with Crippen molar-refractivity contribution in [3.05, 3.63) is 58.3 Å². The minimum Gasteiger partial charge on any atom is -0.402 e. The number of rotatable bonds is 2. The Morgan fingerprint density at radius 3 is 2.71 bits per heavy atom. The third-order valence-electron chi connectivity index (χ3n) is 2.66. The van der Waals surface area contributed by atoms with Crippen molar-refractivity contribution in [2.75, 3.05) is 0 Å². The van der Waals surface area contributed by atoms with E-state index >= 15 is 0 Å². The van der Waals surface area contributed by atoms with Crippen LogP contribution in [0.25, 0.3) is 6.08 Å². The van der Waals surface area contributed by atoms with E-state index in [9.17, 15) is 4.79 Å². The fraction of sp³-hybridized carbons (Fsp3) is 0. The predicted octanol–water partition coefficient (Wildman–Crippen LogP) is 5.22. The quantitative estimate of drug-likeness (QED) is 0.299. The molecule has 3 nitrogen and oxygen atoms in total. The summed E-state index contributed by atoms with van der Waals surface area (Å²) in [7, 11) is 0. The number of nitrogens with zero attached hydrogens (tertiary/aromatic N) is 1. The van der Waals surface area contributed by atoms with E-state index in [0.29, 0.717) is 11.6 Å². The molecule has 2 heterocycles. The number of hydrogen-bond acceptors (Lipinski definition) is 4. The number of thiophene rings is 1. The Balaban J connectivity index is 1.95. The first kappa shape index (κ1) is 15.4. The molecule has 1 aromatic carbocycles. The Bertz CT molecular complexity index is 798. The van der Waals surface area contributed by atoms with Gasteiger partial charge in [-0.05, 0) is 90.9 Å². The van der Waals surface area contributed by atoms with Crippen molar-refractivity contribution in [2.45, 2.75) is 0 Å². The van der Waals surface area contributed by atoms with Gasteiger partial charge in [0.25, 0.3) is 0 Å². The summed E-state index contributed by atoms with van der Waals surface area (Å²) in [6.45, 7) is 0. The number of ether oxygens (including phenoxy) is 1. The molecule has 0 saturated heterocycles. The molecule has 3 rings (SSSR count). The summed E-state index contributed by atoms with van der Waals surface area (Å²) in [6.07, 6.45) is 1.73. The van der Waals surface area contributed by atoms with Crippen LogP contribution in [0, 0.1) is 3.57 Å². The fourth-order valence-electron chi connectivity index (χ4n) is 1.70. The second kappa shape index (κ2) is 6.31. The van der Waals surface area contributed by atoms with E-state index in [-0.39, 0.29) is 0 Å². The van der Waals surface area contributed by atoms with Gasteiger partial charge < -0.3 is 4.74 Å². The first-order valence-electron chi connectivity index (χ1n) is 5.76. The molecule has 7 heteroatoms. The molecule has 0 fully saturated rings. The van der Waals surface area contributed by atoms with Gasteiger partial charge in [0.05, 0.1) is 3.79 Å². The first-order chi connectivity index (χ1) is 10.0. The molecule has 0 unspecified atom stereocenters. The molecule has 0 amide bonds. The van der Waals surface area contributed by atoms with Crippen molar-refractivity contribution >= 4 is 83.7 Å². The van der Waals surface area contributed by atoms with Gasteiger partial charge in [-0.2, -0.15) is 0 Å². The van der Waals surface area contributed by atoms with Crippen molar-refractivity contribution in [2.24, 2.45) is 4.99 Å². The highest BCUT2D eigenvalue weighted by Gasteiger charge is 2.24. The highest BCUT2D eigenvalue weighted by molar-refractivity contribution is 14.1. The third-order valence-corrected chi connectivity index (χ3v) is 6.57. The van der Waals surface area contributed by atoms with Gasteiger partial charge in [0, 0.05) is 18.5 Å². The van der Waals surface area contributed by atoms with Crippen LogP contribution in [0.2, 0.25) is 0 Å². The minimum absolute atomic E-state index is 0.314. The summed E-state index contributed by atoms with van der Waals surface area (Å²) in [5, 5.41) is 0. The van der Waals surface area contributed by atoms with Crippen molar-refractivity contribution in [3.63, 3.8) is 0 Å². The van der Waals surface area contributed by atoms with E-state index in [1.54, 1.807) is 6.08 Å². The highest BCUT2D eigenvalue weighted by Crippen LogP contribution is 2.27. The van der Waals surface area contributed by atoms with Gasteiger partial charge in [-0.25, -0.2) is 9.79 Å². The van der Waals surface area contributed by atoms with Crippen LogP contribution in [0.1, 0.15) is 10.4 Å². The average Bonchev–Trinajstić information content (AvgIpc) is 3.00. The smallest absolute Gasteiger partial charge is 0.363 e. The van der Waals surface area contributed by atoms with Crippen LogP contribution in [-0.2, 0) is 9.53 Å². The first-order valence-corrected chi connectivity index (χ1v) is 9.24. The molecule has 0 radical (unpaired) electrons. The Hall–Kier alpha value is -0.510. The number of cyclic esters (lactones) is 1. The van der Waals surface area contributed by atoms with E-state index in [0.717, 1.165) is 22.3 Å². The Labute approximate surface area is 155 Å². The summed E-state index contributed by atoms with van der Waals surface area (Å²) in [4.78, 5) is 17.1. The summed E-state index contributed by atoms with van der Waals surface area (Å²) in [5.41, 5.74) is 1.08. The number of carbonyl (C=O) groups is 1. The molecule has 1 aliphatic rings. The molecule has 0 saturated carbocycles. The molecular formula is C14H6Br2INO2S. The predicted molar refractivity (Wildman–Crippen MR) is 99.5 cm³/mol. The molecule has 2 aromatic rings. The lowest BCUT2D eigenvalue weighted by atomic mass is 10.2. The van der Waals surface area contributed by atoms with Crippen LogP contribution in [0.15, 0.2) is 49.3 Å². The van der Waals surface area contributed by atoms with Crippen molar-refractivity contribution in [1.29, 1.82) is 0 Å². The molecule has 0 aliphatic carbocycles. The zero-order valence-electron chi connectivity index (χ0n) is 10.3. The largest absolute Gasteiger partial charge is 0.402 e. The zero-order valence-corrected chi connectivity index (χ0v) is 16.4. The number of carbonyl (C=O) groups excluding carboxylic acids is 1. The SMILES string of the molecule is O=C1OC(c2ccc(I)c(Br)c2)=N/C1=C\c1ccc(Br)s1. The van der Waals surface area contributed by atoms with Crippen LogP contribution in [0.5, 0.6) is 0 Å². The topological polar surface area (TPSA) is 38.7 Å². The monoisotopic (exact) mass is 537 g/mol. The van der Waals surface area contributed by atoms with Gasteiger partial charge in [-0.1, -0.05) is 0 Å². The average molecular weight is 539 g/mol. The maximum Gasteiger partial charge on any atom is 0.363 e. The Morgan fingerprint density at radius 2 is 2.05 bits per heavy atom. The molecule has 0 bridgehead atoms. The maximum absolute atomic E-state index is 11.9. The van der Waals surface area contributed by atoms with Crippen molar-refractivity contribution in [1.82, 2.24) is 0 Å². The van der Waals surface area contributed by atoms with Crippen LogP contribution in [0.3, 0.4) is 0 Å². The van der Waals surface area contributed by atoms with E-state index in [1.807, 2.05) is 30.3 Å². The van der Waals surface area contributed by atoms with Gasteiger partial charge in [0.1, 0.15) is 0 Å². The normalized spacial score (nSPS) is 16.2. The van der Waals surface area contributed by atoms with Crippen LogP contribution < -0.4 is 0 Å². The molecule has 0 atom stereocenters. The third kappa shape index (κ3) is 3.46. The molecular weight excluding hydrogens is 533 g/mol. The number of hydrogen-bond donors (Lipinski definition) is 0. The highest BCUT2D eigenvalue weighted by atomic mass is 127. The van der Waals surface area contributed by atoms with Crippen LogP contribution in [0.4, 0.5) is 0 Å². The van der Waals surface area contributed by atoms with E-state index in [1.165, 1.54) is 11.3 Å². The molecule has 21 heavy (non-hydrogen) atoms. The Kier molecular flexibility index (Phi) is 4.63. The van der Waals surface area contributed by atoms with Gasteiger partial charge in [0.2, 0.25) is 5.90 Å². The van der Waals surface area contributed by atoms with E-state index in [2.05, 4.69) is 59.4 Å². The summed E-state index contributed by atoms with van der Waals surface area (Å²) in [6, 6.07) is 9.55. The summed E-state index contributed by atoms with van der Waals surface area (Å²) < 4.78 is 8.28. The number of benzene rings is 1. The minimum atomic E-state index is -0.427. The molecule has 1 aliphatic heterocycles. The van der Waals surface area contributed by atoms with E-state index < -0.39 is 5.97 Å². The van der Waals surface area contributed by atoms with Crippen molar-refractivity contribution in [3.8, 4) is 0 Å². The lowest BCUT2D eigenvalue weighted by Gasteiger charge is -2.01. The lowest BCUT2D eigenvalue weighted by Crippen LogP contribution is -2.05. The van der Waals surface area contributed by atoms with Gasteiger partial charge in [-0.3, -0.25) is 0 Å². The van der Waals surface area contributed by atoms with Gasteiger partial charge in [-0.15, -0.1) is 11.3 Å². The van der Waals surface area contributed by atoms with Crippen LogP contribution >= 0.6 is 65.8 Å². The van der Waals surface area contributed by atoms with Gasteiger partial charge in [0.15, 0.2) is 5.70 Å². The van der Waals surface area contributed by atoms with Crippen molar-refractivity contribution < 1.29 is 9.53 Å². The van der Waals surface area contributed by atoms with Crippen LogP contribution in [-0.4, -0.2) is 11.9 Å². The number of halogens is 3. The molecule has 0 spiro atoms. The maximum atomic E-state index is 11.9. The number of aliphatic imine (C=N–C) groups is 1. The summed E-state index contributed by atoms with van der Waals surface area (Å²) in [5.74, 6) is -0.0943. The molecule has 0 N–H and O–H groups in total. The fourth-order valence-corrected chi connectivity index (χ4v) is 3.78. The van der Waals surface area contributed by atoms with Gasteiger partial charge >= 0.3 is 5.97 Å². The number of esters is 1.